The molecule has 0 amide bonds. The van der Waals surface area contributed by atoms with Crippen molar-refractivity contribution in [1.29, 1.82) is 0 Å². The van der Waals surface area contributed by atoms with E-state index < -0.39 is 17.1 Å². The van der Waals surface area contributed by atoms with E-state index in [1.165, 1.54) is 31.1 Å². The fourth-order valence-corrected chi connectivity index (χ4v) is 1.53. The van der Waals surface area contributed by atoms with Crippen LogP contribution in [0.2, 0.25) is 0 Å². The standard InChI is InChI=1S/C10H12N4O3/c1-10(2,9(16)17)14-5-11-7-6(8(14)15)4-12-13(7)3/h4-5H,1-3H3,(H,16,17). The second-order valence-corrected chi connectivity index (χ2v) is 4.29. The Bertz CT molecular complexity index is 653. The Morgan fingerprint density at radius 2 is 2.12 bits per heavy atom. The van der Waals surface area contributed by atoms with Crippen LogP contribution in [-0.2, 0) is 17.4 Å². The molecule has 0 bridgehead atoms. The average molecular weight is 236 g/mol. The van der Waals surface area contributed by atoms with E-state index in [9.17, 15) is 9.59 Å². The van der Waals surface area contributed by atoms with E-state index in [-0.39, 0.29) is 0 Å². The molecule has 2 rings (SSSR count). The smallest absolute Gasteiger partial charge is 0.329 e. The molecule has 0 spiro atoms. The number of aryl methyl sites for hydroxylation is 1. The summed E-state index contributed by atoms with van der Waals surface area (Å²) in [7, 11) is 1.67. The molecule has 0 saturated carbocycles. The molecule has 0 aromatic carbocycles. The Hall–Kier alpha value is -2.18. The molecular weight excluding hydrogens is 224 g/mol. The van der Waals surface area contributed by atoms with Crippen molar-refractivity contribution in [3.05, 3.63) is 22.9 Å². The summed E-state index contributed by atoms with van der Waals surface area (Å²) in [5.74, 6) is -1.09. The van der Waals surface area contributed by atoms with Crippen LogP contribution >= 0.6 is 0 Å². The Labute approximate surface area is 96.3 Å². The van der Waals surface area contributed by atoms with Crippen molar-refractivity contribution in [3.8, 4) is 0 Å². The van der Waals surface area contributed by atoms with Gasteiger partial charge >= 0.3 is 5.97 Å². The van der Waals surface area contributed by atoms with E-state index in [0.717, 1.165) is 4.57 Å². The summed E-state index contributed by atoms with van der Waals surface area (Å²) in [6, 6.07) is 0. The molecule has 2 aromatic rings. The molecule has 0 radical (unpaired) electrons. The quantitative estimate of drug-likeness (QED) is 0.789. The van der Waals surface area contributed by atoms with Gasteiger partial charge in [0.15, 0.2) is 5.65 Å². The molecule has 2 aromatic heterocycles. The van der Waals surface area contributed by atoms with Gasteiger partial charge in [-0.3, -0.25) is 14.0 Å². The van der Waals surface area contributed by atoms with Crippen LogP contribution in [-0.4, -0.2) is 30.4 Å². The summed E-state index contributed by atoms with van der Waals surface area (Å²) in [6.45, 7) is 2.89. The van der Waals surface area contributed by atoms with Crippen molar-refractivity contribution >= 4 is 17.0 Å². The Morgan fingerprint density at radius 3 is 2.71 bits per heavy atom. The van der Waals surface area contributed by atoms with Crippen molar-refractivity contribution in [3.63, 3.8) is 0 Å². The molecule has 2 heterocycles. The maximum Gasteiger partial charge on any atom is 0.329 e. The van der Waals surface area contributed by atoms with Gasteiger partial charge in [-0.2, -0.15) is 5.10 Å². The van der Waals surface area contributed by atoms with Crippen molar-refractivity contribution in [2.24, 2.45) is 7.05 Å². The molecule has 0 aliphatic carbocycles. The number of hydrogen-bond donors (Lipinski definition) is 1. The van der Waals surface area contributed by atoms with Crippen LogP contribution in [0.3, 0.4) is 0 Å². The SMILES string of the molecule is Cn1ncc2c(=O)n(C(C)(C)C(=O)O)cnc21. The lowest BCUT2D eigenvalue weighted by molar-refractivity contribution is -0.145. The van der Waals surface area contributed by atoms with Gasteiger partial charge in [-0.15, -0.1) is 0 Å². The van der Waals surface area contributed by atoms with Crippen LogP contribution in [0.15, 0.2) is 17.3 Å². The van der Waals surface area contributed by atoms with Crippen molar-refractivity contribution in [2.45, 2.75) is 19.4 Å². The van der Waals surface area contributed by atoms with Crippen molar-refractivity contribution in [2.75, 3.05) is 0 Å². The predicted molar refractivity (Wildman–Crippen MR) is 59.7 cm³/mol. The third kappa shape index (κ3) is 1.50. The van der Waals surface area contributed by atoms with E-state index in [4.69, 9.17) is 5.11 Å². The highest BCUT2D eigenvalue weighted by molar-refractivity contribution is 5.77. The number of rotatable bonds is 2. The molecule has 0 atom stereocenters. The molecule has 0 unspecified atom stereocenters. The van der Waals surface area contributed by atoms with Crippen LogP contribution in [0.1, 0.15) is 13.8 Å². The maximum atomic E-state index is 12.1. The number of aromatic nitrogens is 4. The minimum absolute atomic E-state index is 0.310. The van der Waals surface area contributed by atoms with E-state index in [1.54, 1.807) is 7.05 Å². The fraction of sp³-hybridized carbons (Fsp3) is 0.400. The highest BCUT2D eigenvalue weighted by atomic mass is 16.4. The summed E-state index contributed by atoms with van der Waals surface area (Å²) in [6.07, 6.45) is 2.62. The zero-order chi connectivity index (χ0) is 12.8. The number of nitrogens with zero attached hydrogens (tertiary/aromatic N) is 4. The lowest BCUT2D eigenvalue weighted by Crippen LogP contribution is -2.42. The highest BCUT2D eigenvalue weighted by Crippen LogP contribution is 2.14. The van der Waals surface area contributed by atoms with Gasteiger partial charge in [-0.05, 0) is 13.8 Å². The number of carbonyl (C=O) groups is 1. The summed E-state index contributed by atoms with van der Waals surface area (Å²) in [5.41, 5.74) is -1.31. The number of aliphatic carboxylic acids is 1. The molecule has 0 aliphatic heterocycles. The van der Waals surface area contributed by atoms with Crippen LogP contribution in [0, 0.1) is 0 Å². The first-order chi connectivity index (χ1) is 7.85. The maximum absolute atomic E-state index is 12.1. The van der Waals surface area contributed by atoms with Gasteiger partial charge in [0, 0.05) is 7.05 Å². The van der Waals surface area contributed by atoms with Crippen LogP contribution in [0.4, 0.5) is 0 Å². The van der Waals surface area contributed by atoms with Crippen LogP contribution in [0.25, 0.3) is 11.0 Å². The molecular formula is C10H12N4O3. The topological polar surface area (TPSA) is 90.0 Å². The number of carboxylic acid groups (broad SMARTS) is 1. The third-order valence-corrected chi connectivity index (χ3v) is 2.78. The van der Waals surface area contributed by atoms with E-state index in [0.29, 0.717) is 11.0 Å². The van der Waals surface area contributed by atoms with Gasteiger partial charge < -0.3 is 5.11 Å². The highest BCUT2D eigenvalue weighted by Gasteiger charge is 2.31. The second kappa shape index (κ2) is 3.41. The fourth-order valence-electron chi connectivity index (χ4n) is 1.53. The first kappa shape index (κ1) is 11.3. The molecule has 7 nitrogen and oxygen atoms in total. The zero-order valence-corrected chi connectivity index (χ0v) is 9.71. The molecule has 7 heteroatoms. The van der Waals surface area contributed by atoms with Crippen LogP contribution < -0.4 is 5.56 Å². The molecule has 1 N–H and O–H groups in total. The molecule has 0 aliphatic rings. The Morgan fingerprint density at radius 1 is 1.47 bits per heavy atom. The Kier molecular flexibility index (Phi) is 2.27. The average Bonchev–Trinajstić information content (AvgIpc) is 2.61. The monoisotopic (exact) mass is 236 g/mol. The molecule has 90 valence electrons. The summed E-state index contributed by atoms with van der Waals surface area (Å²) in [5, 5.41) is 13.3. The van der Waals surface area contributed by atoms with Crippen molar-refractivity contribution < 1.29 is 9.90 Å². The minimum Gasteiger partial charge on any atom is -0.480 e. The van der Waals surface area contributed by atoms with Gasteiger partial charge in [0.2, 0.25) is 0 Å². The van der Waals surface area contributed by atoms with E-state index in [1.807, 2.05) is 0 Å². The van der Waals surface area contributed by atoms with E-state index in [2.05, 4.69) is 10.1 Å². The Balaban J connectivity index is 2.78. The lowest BCUT2D eigenvalue weighted by atomic mass is 10.1. The zero-order valence-electron chi connectivity index (χ0n) is 9.71. The lowest BCUT2D eigenvalue weighted by Gasteiger charge is -2.21. The largest absolute Gasteiger partial charge is 0.480 e. The predicted octanol–water partition coefficient (Wildman–Crippen LogP) is -0.0503. The minimum atomic E-state index is -1.34. The van der Waals surface area contributed by atoms with E-state index >= 15 is 0 Å². The van der Waals surface area contributed by atoms with Gasteiger partial charge in [0.1, 0.15) is 17.3 Å². The van der Waals surface area contributed by atoms with Gasteiger partial charge in [0.25, 0.3) is 5.56 Å². The molecule has 17 heavy (non-hydrogen) atoms. The second-order valence-electron chi connectivity index (χ2n) is 4.29. The van der Waals surface area contributed by atoms with Gasteiger partial charge in [0.05, 0.1) is 6.20 Å². The normalized spacial score (nSPS) is 11.9. The molecule has 0 saturated heterocycles. The number of fused-ring (bicyclic) bond motifs is 1. The summed E-state index contributed by atoms with van der Waals surface area (Å²) >= 11 is 0. The first-order valence-corrected chi connectivity index (χ1v) is 4.99. The van der Waals surface area contributed by atoms with Crippen molar-refractivity contribution in [1.82, 2.24) is 19.3 Å². The third-order valence-electron chi connectivity index (χ3n) is 2.78. The first-order valence-electron chi connectivity index (χ1n) is 4.99. The summed E-state index contributed by atoms with van der Waals surface area (Å²) < 4.78 is 2.56. The number of hydrogen-bond acceptors (Lipinski definition) is 4. The van der Waals surface area contributed by atoms with Crippen LogP contribution in [0.5, 0.6) is 0 Å². The molecule has 0 fully saturated rings. The summed E-state index contributed by atoms with van der Waals surface area (Å²) in [4.78, 5) is 27.3. The van der Waals surface area contributed by atoms with Gasteiger partial charge in [-0.1, -0.05) is 0 Å². The number of carboxylic acids is 1. The van der Waals surface area contributed by atoms with Gasteiger partial charge in [-0.25, -0.2) is 9.78 Å².